The summed E-state index contributed by atoms with van der Waals surface area (Å²) in [4.78, 5) is 43.5. The van der Waals surface area contributed by atoms with Crippen molar-refractivity contribution in [2.45, 2.75) is 44.6 Å². The maximum Gasteiger partial charge on any atom is 0.407 e. The summed E-state index contributed by atoms with van der Waals surface area (Å²) >= 11 is 2.79. The smallest absolute Gasteiger partial charge is 0.407 e. The molecule has 2 fully saturated rings. The summed E-state index contributed by atoms with van der Waals surface area (Å²) in [7, 11) is 0. The van der Waals surface area contributed by atoms with Gasteiger partial charge in [-0.05, 0) is 20.8 Å². The molecule has 3 heterocycles. The molecule has 2 aliphatic rings. The number of aromatic nitrogens is 1. The van der Waals surface area contributed by atoms with Gasteiger partial charge in [-0.2, -0.15) is 0 Å². The molecule has 0 aromatic carbocycles. The van der Waals surface area contributed by atoms with E-state index in [0.717, 1.165) is 18.2 Å². The lowest BCUT2D eigenvalue weighted by atomic mass is 10.1. The minimum Gasteiger partial charge on any atom is -0.444 e. The fraction of sp³-hybridized carbons (Fsp3) is 0.647. The first-order valence-corrected chi connectivity index (χ1v) is 10.5. The van der Waals surface area contributed by atoms with Gasteiger partial charge in [0.1, 0.15) is 11.3 Å². The lowest BCUT2D eigenvalue weighted by Gasteiger charge is -2.39. The number of nitrogens with zero attached hydrogens (tertiary/aromatic N) is 3. The zero-order valence-corrected chi connectivity index (χ0v) is 17.5. The molecular formula is C17H24N4O4S2. The van der Waals surface area contributed by atoms with Gasteiger partial charge in [0, 0.05) is 43.7 Å². The average Bonchev–Trinajstić information content (AvgIpc) is 2.92. The van der Waals surface area contributed by atoms with Gasteiger partial charge in [-0.25, -0.2) is 9.78 Å². The number of alkyl carbamates (subject to hydrolysis) is 1. The molecule has 0 radical (unpaired) electrons. The van der Waals surface area contributed by atoms with Crippen molar-refractivity contribution in [1.82, 2.24) is 15.2 Å². The Morgan fingerprint density at radius 1 is 1.26 bits per heavy atom. The second kappa shape index (κ2) is 7.67. The SMILES string of the molecule is CC(=O)SC1CN(c2nc(C(=O)N3CC(NC(=O)OC(C)(C)C)C3)cs2)C1. The van der Waals surface area contributed by atoms with Crippen molar-refractivity contribution in [3.8, 4) is 0 Å². The summed E-state index contributed by atoms with van der Waals surface area (Å²) < 4.78 is 5.21. The van der Waals surface area contributed by atoms with Crippen LogP contribution in [0, 0.1) is 0 Å². The first-order valence-electron chi connectivity index (χ1n) is 8.77. The molecule has 148 valence electrons. The Morgan fingerprint density at radius 2 is 1.93 bits per heavy atom. The lowest BCUT2D eigenvalue weighted by molar-refractivity contribution is -0.109. The maximum absolute atomic E-state index is 12.5. The summed E-state index contributed by atoms with van der Waals surface area (Å²) in [6, 6.07) is -0.0957. The predicted octanol–water partition coefficient (Wildman–Crippen LogP) is 1.96. The molecule has 0 aliphatic carbocycles. The summed E-state index contributed by atoms with van der Waals surface area (Å²) in [6.45, 7) is 9.45. The van der Waals surface area contributed by atoms with Crippen LogP contribution in [0.4, 0.5) is 9.93 Å². The van der Waals surface area contributed by atoms with E-state index in [9.17, 15) is 14.4 Å². The third-order valence-electron chi connectivity index (χ3n) is 4.05. The number of anilines is 1. The number of nitrogens with one attached hydrogen (secondary N) is 1. The van der Waals surface area contributed by atoms with Crippen LogP contribution in [0.3, 0.4) is 0 Å². The number of thiazole rings is 1. The van der Waals surface area contributed by atoms with E-state index in [0.29, 0.717) is 24.0 Å². The number of carbonyl (C=O) groups excluding carboxylic acids is 3. The van der Waals surface area contributed by atoms with Crippen LogP contribution < -0.4 is 10.2 Å². The lowest BCUT2D eigenvalue weighted by Crippen LogP contribution is -2.61. The topological polar surface area (TPSA) is 91.8 Å². The van der Waals surface area contributed by atoms with Crippen LogP contribution in [0.2, 0.25) is 0 Å². The van der Waals surface area contributed by atoms with E-state index in [1.54, 1.807) is 17.2 Å². The third kappa shape index (κ3) is 5.13. The standard InChI is InChI=1S/C17H24N4O4S2/c1-10(22)27-12-7-21(8-12)15-19-13(9-26-15)14(23)20-5-11(6-20)18-16(24)25-17(2,3)4/h9,11-12H,5-8H2,1-4H3,(H,18,24). The summed E-state index contributed by atoms with van der Waals surface area (Å²) in [5.41, 5.74) is -0.118. The molecule has 0 saturated carbocycles. The van der Waals surface area contributed by atoms with Crippen molar-refractivity contribution in [1.29, 1.82) is 0 Å². The van der Waals surface area contributed by atoms with Crippen molar-refractivity contribution in [3.05, 3.63) is 11.1 Å². The Bertz CT molecular complexity index is 734. The first kappa shape index (κ1) is 19.9. The van der Waals surface area contributed by atoms with Crippen molar-refractivity contribution < 1.29 is 19.1 Å². The Balaban J connectivity index is 1.43. The Hall–Kier alpha value is -1.81. The van der Waals surface area contributed by atoms with Gasteiger partial charge < -0.3 is 19.9 Å². The van der Waals surface area contributed by atoms with Crippen LogP contribution in [0.1, 0.15) is 38.2 Å². The number of amides is 2. The molecular weight excluding hydrogens is 388 g/mol. The van der Waals surface area contributed by atoms with E-state index in [4.69, 9.17) is 4.74 Å². The van der Waals surface area contributed by atoms with Gasteiger partial charge in [0.15, 0.2) is 10.2 Å². The molecule has 8 nitrogen and oxygen atoms in total. The predicted molar refractivity (Wildman–Crippen MR) is 105 cm³/mol. The molecule has 0 spiro atoms. The van der Waals surface area contributed by atoms with Gasteiger partial charge in [-0.3, -0.25) is 9.59 Å². The highest BCUT2D eigenvalue weighted by Crippen LogP contribution is 2.31. The van der Waals surface area contributed by atoms with Crippen LogP contribution >= 0.6 is 23.1 Å². The molecule has 1 N–H and O–H groups in total. The molecule has 27 heavy (non-hydrogen) atoms. The Labute approximate surface area is 166 Å². The van der Waals surface area contributed by atoms with Crippen LogP contribution in [0.25, 0.3) is 0 Å². The summed E-state index contributed by atoms with van der Waals surface area (Å²) in [5.74, 6) is -0.130. The van der Waals surface area contributed by atoms with E-state index in [-0.39, 0.29) is 17.1 Å². The van der Waals surface area contributed by atoms with Gasteiger partial charge in [0.25, 0.3) is 5.91 Å². The number of ether oxygens (including phenoxy) is 1. The van der Waals surface area contributed by atoms with E-state index in [1.165, 1.54) is 23.1 Å². The first-order chi connectivity index (χ1) is 12.6. The number of hydrogen-bond donors (Lipinski definition) is 1. The monoisotopic (exact) mass is 412 g/mol. The molecule has 0 unspecified atom stereocenters. The van der Waals surface area contributed by atoms with E-state index in [1.807, 2.05) is 20.8 Å². The number of rotatable bonds is 4. The zero-order valence-electron chi connectivity index (χ0n) is 15.9. The quantitative estimate of drug-likeness (QED) is 0.808. The number of carbonyl (C=O) groups is 3. The van der Waals surface area contributed by atoms with E-state index >= 15 is 0 Å². The van der Waals surface area contributed by atoms with Crippen LogP contribution in [0.15, 0.2) is 5.38 Å². The summed E-state index contributed by atoms with van der Waals surface area (Å²) in [5, 5.41) is 5.76. The average molecular weight is 413 g/mol. The maximum atomic E-state index is 12.5. The highest BCUT2D eigenvalue weighted by molar-refractivity contribution is 8.14. The van der Waals surface area contributed by atoms with Crippen molar-refractivity contribution >= 4 is 45.3 Å². The molecule has 1 aromatic heterocycles. The molecule has 2 aliphatic heterocycles. The molecule has 2 saturated heterocycles. The second-order valence-corrected chi connectivity index (χ2v) is 10.0. The molecule has 1 aromatic rings. The number of hydrogen-bond acceptors (Lipinski definition) is 8. The minimum atomic E-state index is -0.543. The van der Waals surface area contributed by atoms with Crippen molar-refractivity contribution in [3.63, 3.8) is 0 Å². The van der Waals surface area contributed by atoms with E-state index < -0.39 is 11.7 Å². The molecule has 2 amide bonds. The van der Waals surface area contributed by atoms with Crippen molar-refractivity contribution in [2.75, 3.05) is 31.1 Å². The van der Waals surface area contributed by atoms with E-state index in [2.05, 4.69) is 15.2 Å². The molecule has 10 heteroatoms. The minimum absolute atomic E-state index is 0.0957. The third-order valence-corrected chi connectivity index (χ3v) is 5.92. The molecule has 3 rings (SSSR count). The fourth-order valence-electron chi connectivity index (χ4n) is 2.78. The molecule has 0 bridgehead atoms. The number of likely N-dealkylation sites (tertiary alicyclic amines) is 1. The normalized spacial score (nSPS) is 17.9. The highest BCUT2D eigenvalue weighted by Gasteiger charge is 2.35. The number of thioether (sulfide) groups is 1. The highest BCUT2D eigenvalue weighted by atomic mass is 32.2. The Morgan fingerprint density at radius 3 is 2.52 bits per heavy atom. The van der Waals surface area contributed by atoms with Crippen LogP contribution in [0.5, 0.6) is 0 Å². The van der Waals surface area contributed by atoms with Crippen LogP contribution in [-0.4, -0.2) is 70.1 Å². The Kier molecular flexibility index (Phi) is 5.66. The van der Waals surface area contributed by atoms with Gasteiger partial charge >= 0.3 is 6.09 Å². The van der Waals surface area contributed by atoms with Gasteiger partial charge in [0.2, 0.25) is 0 Å². The van der Waals surface area contributed by atoms with Crippen molar-refractivity contribution in [2.24, 2.45) is 0 Å². The van der Waals surface area contributed by atoms with Crippen LogP contribution in [-0.2, 0) is 9.53 Å². The fourth-order valence-corrected chi connectivity index (χ4v) is 4.58. The van der Waals surface area contributed by atoms with Gasteiger partial charge in [-0.1, -0.05) is 11.8 Å². The van der Waals surface area contributed by atoms with Gasteiger partial charge in [0.05, 0.1) is 6.04 Å². The zero-order chi connectivity index (χ0) is 19.8. The molecule has 0 atom stereocenters. The van der Waals surface area contributed by atoms with Gasteiger partial charge in [-0.15, -0.1) is 11.3 Å². The second-order valence-electron chi connectivity index (χ2n) is 7.71. The summed E-state index contributed by atoms with van der Waals surface area (Å²) in [6.07, 6.45) is -0.466. The largest absolute Gasteiger partial charge is 0.444 e.